The molecule has 0 aliphatic heterocycles. The Balaban J connectivity index is 2.81. The highest BCUT2D eigenvalue weighted by molar-refractivity contribution is 9.11. The number of rotatable bonds is 4. The summed E-state index contributed by atoms with van der Waals surface area (Å²) in [7, 11) is 1.58. The number of hydrogen-bond donors (Lipinski definition) is 1. The highest BCUT2D eigenvalue weighted by atomic mass is 79.9. The van der Waals surface area contributed by atoms with E-state index in [2.05, 4.69) is 31.9 Å². The van der Waals surface area contributed by atoms with Crippen LogP contribution < -0.4 is 0 Å². The van der Waals surface area contributed by atoms with Crippen LogP contribution in [-0.4, -0.2) is 35.5 Å². The van der Waals surface area contributed by atoms with E-state index in [9.17, 15) is 9.59 Å². The summed E-state index contributed by atoms with van der Waals surface area (Å²) < 4.78 is 1.49. The van der Waals surface area contributed by atoms with Crippen LogP contribution in [0.2, 0.25) is 0 Å². The monoisotopic (exact) mass is 363 g/mol. The van der Waals surface area contributed by atoms with Crippen LogP contribution in [0.25, 0.3) is 0 Å². The first-order chi connectivity index (χ1) is 7.91. The molecule has 0 unspecified atom stereocenters. The predicted molar refractivity (Wildman–Crippen MR) is 71.1 cm³/mol. The van der Waals surface area contributed by atoms with Crippen molar-refractivity contribution in [3.05, 3.63) is 32.7 Å². The summed E-state index contributed by atoms with van der Waals surface area (Å²) in [6, 6.07) is 5.28. The van der Waals surface area contributed by atoms with Crippen LogP contribution in [-0.2, 0) is 4.79 Å². The Labute approximate surface area is 116 Å². The summed E-state index contributed by atoms with van der Waals surface area (Å²) in [5, 5.41) is 8.56. The van der Waals surface area contributed by atoms with Gasteiger partial charge in [-0.15, -0.1) is 0 Å². The fraction of sp³-hybridized carbons (Fsp3) is 0.273. The number of carbonyl (C=O) groups is 2. The zero-order chi connectivity index (χ0) is 13.0. The molecule has 4 nitrogen and oxygen atoms in total. The molecule has 0 saturated heterocycles. The number of carboxylic acids is 1. The smallest absolute Gasteiger partial charge is 0.305 e. The van der Waals surface area contributed by atoms with Crippen molar-refractivity contribution < 1.29 is 14.7 Å². The molecule has 1 rings (SSSR count). The van der Waals surface area contributed by atoms with E-state index in [1.165, 1.54) is 4.90 Å². The molecular formula is C11H11Br2NO3. The fourth-order valence-corrected chi connectivity index (χ4v) is 2.01. The Morgan fingerprint density at radius 3 is 2.59 bits per heavy atom. The molecule has 0 spiro atoms. The molecule has 0 atom stereocenters. The summed E-state index contributed by atoms with van der Waals surface area (Å²) >= 11 is 6.58. The molecule has 6 heteroatoms. The van der Waals surface area contributed by atoms with Crippen LogP contribution in [0.3, 0.4) is 0 Å². The van der Waals surface area contributed by atoms with Crippen molar-refractivity contribution in [1.82, 2.24) is 4.90 Å². The van der Waals surface area contributed by atoms with Crippen molar-refractivity contribution in [2.24, 2.45) is 0 Å². The maximum atomic E-state index is 12.0. The van der Waals surface area contributed by atoms with Crippen molar-refractivity contribution in [2.45, 2.75) is 6.42 Å². The molecular weight excluding hydrogens is 354 g/mol. The van der Waals surface area contributed by atoms with Crippen molar-refractivity contribution in [3.63, 3.8) is 0 Å². The largest absolute Gasteiger partial charge is 0.481 e. The molecule has 1 amide bonds. The van der Waals surface area contributed by atoms with Crippen LogP contribution in [0.1, 0.15) is 16.8 Å². The number of aliphatic carboxylic acids is 1. The highest BCUT2D eigenvalue weighted by Gasteiger charge is 2.15. The van der Waals surface area contributed by atoms with Crippen LogP contribution in [0.15, 0.2) is 27.1 Å². The maximum absolute atomic E-state index is 12.0. The van der Waals surface area contributed by atoms with E-state index < -0.39 is 5.97 Å². The second-order valence-corrected chi connectivity index (χ2v) is 5.26. The third kappa shape index (κ3) is 4.12. The van der Waals surface area contributed by atoms with E-state index in [-0.39, 0.29) is 18.9 Å². The SMILES string of the molecule is CN(CCC(=O)O)C(=O)c1cc(Br)ccc1Br. The molecule has 1 aromatic rings. The van der Waals surface area contributed by atoms with E-state index in [0.717, 1.165) is 4.47 Å². The van der Waals surface area contributed by atoms with E-state index in [1.807, 2.05) is 6.07 Å². The predicted octanol–water partition coefficient (Wildman–Crippen LogP) is 2.76. The molecule has 17 heavy (non-hydrogen) atoms. The van der Waals surface area contributed by atoms with E-state index in [0.29, 0.717) is 10.0 Å². The van der Waals surface area contributed by atoms with Crippen LogP contribution >= 0.6 is 31.9 Å². The molecule has 0 fully saturated rings. The molecule has 92 valence electrons. The maximum Gasteiger partial charge on any atom is 0.305 e. The van der Waals surface area contributed by atoms with Crippen molar-refractivity contribution >= 4 is 43.7 Å². The van der Waals surface area contributed by atoms with Gasteiger partial charge in [-0.1, -0.05) is 15.9 Å². The third-order valence-corrected chi connectivity index (χ3v) is 3.35. The summed E-state index contributed by atoms with van der Waals surface area (Å²) in [4.78, 5) is 23.8. The van der Waals surface area contributed by atoms with Gasteiger partial charge in [0.25, 0.3) is 5.91 Å². The number of carboxylic acid groups (broad SMARTS) is 1. The number of hydrogen-bond acceptors (Lipinski definition) is 2. The van der Waals surface area contributed by atoms with E-state index in [4.69, 9.17) is 5.11 Å². The number of nitrogens with zero attached hydrogens (tertiary/aromatic N) is 1. The van der Waals surface area contributed by atoms with Gasteiger partial charge in [-0.25, -0.2) is 0 Å². The number of halogens is 2. The summed E-state index contributed by atoms with van der Waals surface area (Å²) in [6.07, 6.45) is -0.0616. The van der Waals surface area contributed by atoms with Crippen LogP contribution in [0.5, 0.6) is 0 Å². The standard InChI is InChI=1S/C11H11Br2NO3/c1-14(5-4-10(15)16)11(17)8-6-7(12)2-3-9(8)13/h2-3,6H,4-5H2,1H3,(H,15,16). The molecule has 0 heterocycles. The molecule has 0 bridgehead atoms. The van der Waals surface area contributed by atoms with Gasteiger partial charge in [0, 0.05) is 22.5 Å². The van der Waals surface area contributed by atoms with E-state index in [1.54, 1.807) is 19.2 Å². The van der Waals surface area contributed by atoms with Crippen molar-refractivity contribution in [3.8, 4) is 0 Å². The molecule has 0 aliphatic rings. The number of amides is 1. The average molecular weight is 365 g/mol. The second kappa shape index (κ2) is 6.16. The Morgan fingerprint density at radius 1 is 1.35 bits per heavy atom. The van der Waals surface area contributed by atoms with Gasteiger partial charge >= 0.3 is 5.97 Å². The minimum atomic E-state index is -0.919. The normalized spacial score (nSPS) is 10.1. The molecule has 0 saturated carbocycles. The van der Waals surface area contributed by atoms with Gasteiger partial charge in [-0.3, -0.25) is 9.59 Å². The lowest BCUT2D eigenvalue weighted by Gasteiger charge is -2.17. The molecule has 0 aliphatic carbocycles. The van der Waals surface area contributed by atoms with Gasteiger partial charge in [-0.05, 0) is 34.1 Å². The molecule has 1 aromatic carbocycles. The minimum Gasteiger partial charge on any atom is -0.481 e. The van der Waals surface area contributed by atoms with Gasteiger partial charge in [0.15, 0.2) is 0 Å². The summed E-state index contributed by atoms with van der Waals surface area (Å²) in [6.45, 7) is 0.188. The van der Waals surface area contributed by atoms with Gasteiger partial charge in [-0.2, -0.15) is 0 Å². The van der Waals surface area contributed by atoms with Crippen LogP contribution in [0.4, 0.5) is 0 Å². The lowest BCUT2D eigenvalue weighted by Crippen LogP contribution is -2.29. The highest BCUT2D eigenvalue weighted by Crippen LogP contribution is 2.22. The topological polar surface area (TPSA) is 57.6 Å². The summed E-state index contributed by atoms with van der Waals surface area (Å²) in [5.74, 6) is -1.13. The van der Waals surface area contributed by atoms with Crippen molar-refractivity contribution in [2.75, 3.05) is 13.6 Å². The van der Waals surface area contributed by atoms with Gasteiger partial charge in [0.1, 0.15) is 0 Å². The van der Waals surface area contributed by atoms with Gasteiger partial charge < -0.3 is 10.0 Å². The minimum absolute atomic E-state index is 0.0616. The van der Waals surface area contributed by atoms with Gasteiger partial charge in [0.2, 0.25) is 0 Å². The first kappa shape index (κ1) is 14.2. The van der Waals surface area contributed by atoms with Gasteiger partial charge in [0.05, 0.1) is 12.0 Å². The molecule has 1 N–H and O–H groups in total. The lowest BCUT2D eigenvalue weighted by molar-refractivity contribution is -0.137. The average Bonchev–Trinajstić information content (AvgIpc) is 2.28. The summed E-state index contributed by atoms with van der Waals surface area (Å²) in [5.41, 5.74) is 0.507. The first-order valence-corrected chi connectivity index (χ1v) is 6.42. The fourth-order valence-electron chi connectivity index (χ4n) is 1.23. The molecule has 0 radical (unpaired) electrons. The lowest BCUT2D eigenvalue weighted by atomic mass is 10.2. The molecule has 0 aromatic heterocycles. The first-order valence-electron chi connectivity index (χ1n) is 4.84. The Bertz CT molecular complexity index is 448. The number of benzene rings is 1. The van der Waals surface area contributed by atoms with Crippen LogP contribution in [0, 0.1) is 0 Å². The quantitative estimate of drug-likeness (QED) is 0.893. The zero-order valence-corrected chi connectivity index (χ0v) is 12.3. The Hall–Kier alpha value is -0.880. The van der Waals surface area contributed by atoms with Crippen molar-refractivity contribution in [1.29, 1.82) is 0 Å². The van der Waals surface area contributed by atoms with E-state index >= 15 is 0 Å². The zero-order valence-electron chi connectivity index (χ0n) is 9.11. The Kier molecular flexibility index (Phi) is 5.14. The number of carbonyl (C=O) groups excluding carboxylic acids is 1. The Morgan fingerprint density at radius 2 is 2.00 bits per heavy atom. The second-order valence-electron chi connectivity index (χ2n) is 3.49. The third-order valence-electron chi connectivity index (χ3n) is 2.17.